The Balaban J connectivity index is 2.33. The lowest BCUT2D eigenvalue weighted by Gasteiger charge is -2.34. The number of carbonyl (C=O) groups is 1. The molecule has 4 nitrogen and oxygen atoms in total. The first-order chi connectivity index (χ1) is 9.08. The van der Waals surface area contributed by atoms with Crippen LogP contribution >= 0.6 is 0 Å². The van der Waals surface area contributed by atoms with Crippen LogP contribution in [0.2, 0.25) is 0 Å². The number of ether oxygens (including phenoxy) is 1. The van der Waals surface area contributed by atoms with E-state index in [1.165, 1.54) is 12.1 Å². The van der Waals surface area contributed by atoms with E-state index in [4.69, 9.17) is 9.84 Å². The van der Waals surface area contributed by atoms with E-state index < -0.39 is 11.8 Å². The molecule has 0 aromatic heterocycles. The van der Waals surface area contributed by atoms with Crippen molar-refractivity contribution in [2.45, 2.75) is 13.0 Å². The van der Waals surface area contributed by atoms with Gasteiger partial charge in [-0.2, -0.15) is 0 Å². The first kappa shape index (κ1) is 13.5. The van der Waals surface area contributed by atoms with Gasteiger partial charge in [-0.25, -0.2) is 9.18 Å². The van der Waals surface area contributed by atoms with Gasteiger partial charge < -0.3 is 14.7 Å². The molecule has 19 heavy (non-hydrogen) atoms. The highest BCUT2D eigenvalue weighted by atomic mass is 19.1. The zero-order valence-corrected chi connectivity index (χ0v) is 10.7. The lowest BCUT2D eigenvalue weighted by atomic mass is 10.1. The predicted molar refractivity (Wildman–Crippen MR) is 70.7 cm³/mol. The highest BCUT2D eigenvalue weighted by Crippen LogP contribution is 2.26. The summed E-state index contributed by atoms with van der Waals surface area (Å²) in [4.78, 5) is 12.6. The predicted octanol–water partition coefficient (Wildman–Crippen LogP) is 2.15. The molecule has 0 spiro atoms. The molecule has 0 saturated carbocycles. The molecule has 1 aliphatic heterocycles. The number of aliphatic carboxylic acids is 1. The van der Waals surface area contributed by atoms with E-state index in [9.17, 15) is 9.18 Å². The van der Waals surface area contributed by atoms with Crippen LogP contribution in [0.4, 0.5) is 10.1 Å². The average Bonchev–Trinajstić information content (AvgIpc) is 2.37. The summed E-state index contributed by atoms with van der Waals surface area (Å²) in [5, 5.41) is 8.67. The Morgan fingerprint density at radius 1 is 1.58 bits per heavy atom. The van der Waals surface area contributed by atoms with Crippen molar-refractivity contribution < 1.29 is 19.0 Å². The molecule has 1 heterocycles. The van der Waals surface area contributed by atoms with Crippen molar-refractivity contribution in [3.8, 4) is 0 Å². The highest BCUT2D eigenvalue weighted by Gasteiger charge is 2.19. The summed E-state index contributed by atoms with van der Waals surface area (Å²) < 4.78 is 19.3. The lowest BCUT2D eigenvalue weighted by Crippen LogP contribution is -2.41. The fourth-order valence-electron chi connectivity index (χ4n) is 2.16. The number of nitrogens with zero attached hydrogens (tertiary/aromatic N) is 1. The summed E-state index contributed by atoms with van der Waals surface area (Å²) >= 11 is 0. The van der Waals surface area contributed by atoms with Crippen molar-refractivity contribution >= 4 is 17.7 Å². The Labute approximate surface area is 111 Å². The third-order valence-electron chi connectivity index (χ3n) is 3.00. The Kier molecular flexibility index (Phi) is 4.16. The van der Waals surface area contributed by atoms with E-state index in [1.54, 1.807) is 12.1 Å². The Morgan fingerprint density at radius 2 is 2.37 bits per heavy atom. The minimum atomic E-state index is -1.09. The summed E-state index contributed by atoms with van der Waals surface area (Å²) in [6, 6.07) is 4.75. The summed E-state index contributed by atoms with van der Waals surface area (Å²) in [6.45, 7) is 3.87. The Morgan fingerprint density at radius 3 is 3.05 bits per heavy atom. The number of carboxylic acids is 1. The maximum atomic E-state index is 13.9. The fraction of sp³-hybridized carbons (Fsp3) is 0.357. The third kappa shape index (κ3) is 3.32. The molecule has 1 aromatic rings. The minimum Gasteiger partial charge on any atom is -0.478 e. The third-order valence-corrected chi connectivity index (χ3v) is 3.00. The monoisotopic (exact) mass is 265 g/mol. The average molecular weight is 265 g/mol. The van der Waals surface area contributed by atoms with Gasteiger partial charge >= 0.3 is 5.97 Å². The van der Waals surface area contributed by atoms with Gasteiger partial charge in [-0.05, 0) is 25.1 Å². The van der Waals surface area contributed by atoms with Crippen LogP contribution < -0.4 is 4.90 Å². The first-order valence-corrected chi connectivity index (χ1v) is 6.14. The number of rotatable bonds is 3. The summed E-state index contributed by atoms with van der Waals surface area (Å²) in [6.07, 6.45) is 2.33. The maximum Gasteiger partial charge on any atom is 0.328 e. The normalized spacial score (nSPS) is 19.9. The molecule has 1 aliphatic rings. The summed E-state index contributed by atoms with van der Waals surface area (Å²) in [5.41, 5.74) is 1.01. The molecule has 1 N–H and O–H groups in total. The molecule has 1 atom stereocenters. The molecule has 0 amide bonds. The molecule has 1 unspecified atom stereocenters. The van der Waals surface area contributed by atoms with E-state index in [-0.39, 0.29) is 6.10 Å². The topological polar surface area (TPSA) is 49.8 Å². The zero-order chi connectivity index (χ0) is 13.8. The van der Waals surface area contributed by atoms with Gasteiger partial charge in [-0.1, -0.05) is 6.07 Å². The van der Waals surface area contributed by atoms with E-state index in [0.717, 1.165) is 6.08 Å². The van der Waals surface area contributed by atoms with Crippen LogP contribution in [0.1, 0.15) is 12.5 Å². The number of benzene rings is 1. The second kappa shape index (κ2) is 5.84. The van der Waals surface area contributed by atoms with Crippen LogP contribution in [0.3, 0.4) is 0 Å². The van der Waals surface area contributed by atoms with Gasteiger partial charge in [0.05, 0.1) is 12.7 Å². The highest BCUT2D eigenvalue weighted by molar-refractivity contribution is 5.87. The van der Waals surface area contributed by atoms with Gasteiger partial charge in [0.1, 0.15) is 5.82 Å². The quantitative estimate of drug-likeness (QED) is 0.851. The molecule has 2 rings (SSSR count). The number of carboxylic acid groups (broad SMARTS) is 1. The standard InChI is InChI=1S/C14H16FNO3/c1-10-9-16(7-8-19-10)13-4-2-3-12(15)11(13)5-6-14(17)18/h2-6,10H,7-9H2,1H3,(H,17,18)/b6-5+. The van der Waals surface area contributed by atoms with Crippen molar-refractivity contribution in [2.24, 2.45) is 0 Å². The smallest absolute Gasteiger partial charge is 0.328 e. The molecular formula is C14H16FNO3. The molecule has 1 saturated heterocycles. The molecule has 0 bridgehead atoms. The molecule has 1 aromatic carbocycles. The molecule has 102 valence electrons. The lowest BCUT2D eigenvalue weighted by molar-refractivity contribution is -0.131. The van der Waals surface area contributed by atoms with Crippen LogP contribution in [0.15, 0.2) is 24.3 Å². The van der Waals surface area contributed by atoms with Crippen molar-refractivity contribution in [1.82, 2.24) is 0 Å². The number of morpholine rings is 1. The minimum absolute atomic E-state index is 0.0771. The number of hydrogen-bond donors (Lipinski definition) is 1. The van der Waals surface area contributed by atoms with Crippen LogP contribution in [0.25, 0.3) is 6.08 Å². The number of halogens is 1. The molecule has 0 radical (unpaired) electrons. The first-order valence-electron chi connectivity index (χ1n) is 6.14. The van der Waals surface area contributed by atoms with Crippen molar-refractivity contribution in [3.05, 3.63) is 35.7 Å². The second-order valence-corrected chi connectivity index (χ2v) is 4.47. The maximum absolute atomic E-state index is 13.9. The SMILES string of the molecule is CC1CN(c2cccc(F)c2/C=C/C(=O)O)CCO1. The van der Waals surface area contributed by atoms with Crippen LogP contribution in [-0.4, -0.2) is 36.9 Å². The van der Waals surface area contributed by atoms with Gasteiger partial charge in [-0.15, -0.1) is 0 Å². The van der Waals surface area contributed by atoms with Crippen molar-refractivity contribution in [2.75, 3.05) is 24.6 Å². The van der Waals surface area contributed by atoms with Crippen molar-refractivity contribution in [3.63, 3.8) is 0 Å². The largest absolute Gasteiger partial charge is 0.478 e. The number of anilines is 1. The van der Waals surface area contributed by atoms with Crippen molar-refractivity contribution in [1.29, 1.82) is 0 Å². The van der Waals surface area contributed by atoms with Gasteiger partial charge in [-0.3, -0.25) is 0 Å². The van der Waals surface area contributed by atoms with Gasteiger partial charge in [0.2, 0.25) is 0 Å². The molecular weight excluding hydrogens is 249 g/mol. The van der Waals surface area contributed by atoms with Gasteiger partial charge in [0, 0.05) is 30.4 Å². The second-order valence-electron chi connectivity index (χ2n) is 4.47. The van der Waals surface area contributed by atoms with Crippen LogP contribution in [0, 0.1) is 5.82 Å². The Hall–Kier alpha value is -1.88. The summed E-state index contributed by atoms with van der Waals surface area (Å²) in [7, 11) is 0. The molecule has 0 aliphatic carbocycles. The Bertz CT molecular complexity index is 501. The number of hydrogen-bond acceptors (Lipinski definition) is 3. The van der Waals surface area contributed by atoms with E-state index in [0.29, 0.717) is 30.9 Å². The van der Waals surface area contributed by atoms with Gasteiger partial charge in [0.25, 0.3) is 0 Å². The molecule has 5 heteroatoms. The molecule has 1 fully saturated rings. The van der Waals surface area contributed by atoms with E-state index in [1.807, 2.05) is 11.8 Å². The summed E-state index contributed by atoms with van der Waals surface area (Å²) in [5.74, 6) is -1.52. The zero-order valence-electron chi connectivity index (χ0n) is 10.7. The van der Waals surface area contributed by atoms with E-state index >= 15 is 0 Å². The fourth-order valence-corrected chi connectivity index (χ4v) is 2.16. The van der Waals surface area contributed by atoms with E-state index in [2.05, 4.69) is 0 Å². The van der Waals surface area contributed by atoms with Crippen LogP contribution in [0.5, 0.6) is 0 Å². The van der Waals surface area contributed by atoms with Gasteiger partial charge in [0.15, 0.2) is 0 Å². The van der Waals surface area contributed by atoms with Crippen LogP contribution in [-0.2, 0) is 9.53 Å².